The van der Waals surface area contributed by atoms with E-state index in [9.17, 15) is 0 Å². The molecule has 3 nitrogen and oxygen atoms in total. The second-order valence-corrected chi connectivity index (χ2v) is 5.75. The van der Waals surface area contributed by atoms with E-state index in [2.05, 4.69) is 11.9 Å². The van der Waals surface area contributed by atoms with Gasteiger partial charge in [0.15, 0.2) is 11.8 Å². The number of furan rings is 1. The Hall–Kier alpha value is -2.68. The number of pyridine rings is 2. The van der Waals surface area contributed by atoms with Crippen LogP contribution >= 0.6 is 0 Å². The molecule has 4 rings (SSSR count). The molecule has 114 valence electrons. The third kappa shape index (κ3) is 2.12. The molecule has 1 aromatic carbocycles. The van der Waals surface area contributed by atoms with E-state index in [-0.39, 0.29) is 0 Å². The van der Waals surface area contributed by atoms with Crippen molar-refractivity contribution in [1.82, 2.24) is 4.98 Å². The van der Waals surface area contributed by atoms with Gasteiger partial charge in [0, 0.05) is 20.6 Å². The van der Waals surface area contributed by atoms with E-state index in [1.165, 1.54) is 0 Å². The molecule has 0 aliphatic heterocycles. The quantitative estimate of drug-likeness (QED) is 0.516. The zero-order valence-electron chi connectivity index (χ0n) is 15.4. The summed E-state index contributed by atoms with van der Waals surface area (Å²) in [4.78, 5) is 4.52. The Labute approximate surface area is 138 Å². The van der Waals surface area contributed by atoms with Gasteiger partial charge in [-0.05, 0) is 43.1 Å². The first kappa shape index (κ1) is 11.8. The summed E-state index contributed by atoms with van der Waals surface area (Å²) in [5.74, 6) is 0. The van der Waals surface area contributed by atoms with Crippen molar-refractivity contribution in [3.8, 4) is 11.3 Å². The van der Waals surface area contributed by atoms with Gasteiger partial charge in [0.25, 0.3) is 0 Å². The smallest absolute Gasteiger partial charge is 0.213 e. The first-order chi connectivity index (χ1) is 11.9. The summed E-state index contributed by atoms with van der Waals surface area (Å²) in [6, 6.07) is 11.6. The van der Waals surface area contributed by atoms with Gasteiger partial charge in [0.2, 0.25) is 5.69 Å². The third-order valence-electron chi connectivity index (χ3n) is 4.28. The predicted molar refractivity (Wildman–Crippen MR) is 92.2 cm³/mol. The lowest BCUT2D eigenvalue weighted by Gasteiger charge is -2.07. The summed E-state index contributed by atoms with van der Waals surface area (Å²) in [5.41, 5.74) is 6.29. The highest BCUT2D eigenvalue weighted by Crippen LogP contribution is 2.36. The van der Waals surface area contributed by atoms with Crippen molar-refractivity contribution in [2.24, 2.45) is 7.05 Å². The number of aromatic nitrogens is 2. The highest BCUT2D eigenvalue weighted by molar-refractivity contribution is 6.10. The summed E-state index contributed by atoms with van der Waals surface area (Å²) in [5, 5.41) is 0.999. The molecule has 0 aliphatic carbocycles. The largest absolute Gasteiger partial charge is 0.454 e. The van der Waals surface area contributed by atoms with Crippen LogP contribution in [-0.2, 0) is 13.4 Å². The Bertz CT molecular complexity index is 1110. The first-order valence-electron chi connectivity index (χ1n) is 8.63. The molecule has 0 amide bonds. The lowest BCUT2D eigenvalue weighted by atomic mass is 9.99. The van der Waals surface area contributed by atoms with Crippen molar-refractivity contribution in [1.29, 1.82) is 0 Å². The van der Waals surface area contributed by atoms with Crippen LogP contribution in [0.15, 0.2) is 53.2 Å². The molecule has 0 saturated carbocycles. The molecule has 0 bridgehead atoms. The molecule has 0 radical (unpaired) electrons. The fourth-order valence-electron chi connectivity index (χ4n) is 3.13. The molecule has 0 saturated heterocycles. The van der Waals surface area contributed by atoms with Gasteiger partial charge >= 0.3 is 0 Å². The zero-order chi connectivity index (χ0) is 17.8. The summed E-state index contributed by atoms with van der Waals surface area (Å²) < 4.78 is 23.8. The summed E-state index contributed by atoms with van der Waals surface area (Å²) in [6.45, 7) is 3.64. The van der Waals surface area contributed by atoms with Crippen LogP contribution in [0.25, 0.3) is 33.3 Å². The number of hydrogen-bond donors (Lipinski definition) is 0. The lowest BCUT2D eigenvalue weighted by Crippen LogP contribution is -2.31. The van der Waals surface area contributed by atoms with Gasteiger partial charge in [-0.15, -0.1) is 0 Å². The fourth-order valence-corrected chi connectivity index (χ4v) is 3.13. The van der Waals surface area contributed by atoms with Crippen molar-refractivity contribution in [2.45, 2.75) is 20.2 Å². The van der Waals surface area contributed by atoms with Crippen molar-refractivity contribution in [3.63, 3.8) is 0 Å². The first-order valence-corrected chi connectivity index (χ1v) is 7.63. The Morgan fingerprint density at radius 3 is 2.83 bits per heavy atom. The van der Waals surface area contributed by atoms with Crippen LogP contribution in [0.3, 0.4) is 0 Å². The molecular formula is C20H19N2O+. The minimum atomic E-state index is -1.37. The monoisotopic (exact) mass is 305 g/mol. The van der Waals surface area contributed by atoms with E-state index >= 15 is 0 Å². The van der Waals surface area contributed by atoms with Gasteiger partial charge in [0.1, 0.15) is 18.1 Å². The molecule has 0 spiro atoms. The van der Waals surface area contributed by atoms with Crippen LogP contribution < -0.4 is 4.57 Å². The van der Waals surface area contributed by atoms with Crippen LogP contribution in [0.2, 0.25) is 0 Å². The van der Waals surface area contributed by atoms with Crippen molar-refractivity contribution >= 4 is 22.1 Å². The van der Waals surface area contributed by atoms with E-state index in [0.29, 0.717) is 5.56 Å². The normalized spacial score (nSPS) is 13.3. The van der Waals surface area contributed by atoms with Crippen LogP contribution in [0, 0.1) is 6.92 Å². The lowest BCUT2D eigenvalue weighted by molar-refractivity contribution is -0.660. The van der Waals surface area contributed by atoms with Gasteiger partial charge in [-0.1, -0.05) is 13.0 Å². The maximum Gasteiger partial charge on any atom is 0.213 e. The Morgan fingerprint density at radius 2 is 2.04 bits per heavy atom. The van der Waals surface area contributed by atoms with Crippen molar-refractivity contribution in [3.05, 3.63) is 59.9 Å². The maximum absolute atomic E-state index is 7.93. The van der Waals surface area contributed by atoms with Gasteiger partial charge in [-0.25, -0.2) is 4.57 Å². The minimum absolute atomic E-state index is 0.652. The summed E-state index contributed by atoms with van der Waals surface area (Å²) in [7, 11) is 1.94. The number of fused-ring (bicyclic) bond motifs is 3. The molecule has 0 N–H and O–H groups in total. The van der Waals surface area contributed by atoms with E-state index in [1.807, 2.05) is 54.2 Å². The predicted octanol–water partition coefficient (Wildman–Crippen LogP) is 4.34. The number of nitrogens with zero attached hydrogens (tertiary/aromatic N) is 2. The number of benzene rings is 1. The van der Waals surface area contributed by atoms with E-state index in [0.717, 1.165) is 38.9 Å². The fraction of sp³-hybridized carbons (Fsp3) is 0.200. The van der Waals surface area contributed by atoms with Gasteiger partial charge < -0.3 is 4.42 Å². The van der Waals surface area contributed by atoms with Gasteiger partial charge in [-0.2, -0.15) is 0 Å². The molecular weight excluding hydrogens is 284 g/mol. The molecule has 3 aromatic heterocycles. The standard InChI is InChI=1S/C20H19N2O/c1-4-14-8-9-15(22(3)12-14)18-13(2)7-10-16-19(18)20-17(23-16)6-5-11-21-20/h5-12H,4H2,1-3H3/q+1/i4D2. The van der Waals surface area contributed by atoms with Crippen LogP contribution in [0.1, 0.15) is 20.8 Å². The number of rotatable bonds is 2. The molecule has 23 heavy (non-hydrogen) atoms. The second-order valence-electron chi connectivity index (χ2n) is 5.75. The van der Waals surface area contributed by atoms with E-state index < -0.39 is 6.37 Å². The number of hydrogen-bond acceptors (Lipinski definition) is 2. The summed E-state index contributed by atoms with van der Waals surface area (Å²) >= 11 is 0. The highest BCUT2D eigenvalue weighted by Gasteiger charge is 2.20. The molecule has 3 heteroatoms. The van der Waals surface area contributed by atoms with E-state index in [4.69, 9.17) is 7.16 Å². The molecule has 3 heterocycles. The maximum atomic E-state index is 7.93. The third-order valence-corrected chi connectivity index (χ3v) is 4.28. The molecule has 0 aliphatic rings. The molecule has 4 aromatic rings. The number of aryl methyl sites for hydroxylation is 3. The SMILES string of the molecule is [2H]C([2H])(C)c1ccc(-c2c(C)ccc3oc4cccnc4c23)[n+](C)c1. The Morgan fingerprint density at radius 1 is 1.17 bits per heavy atom. The highest BCUT2D eigenvalue weighted by atomic mass is 16.3. The topological polar surface area (TPSA) is 29.9 Å². The van der Waals surface area contributed by atoms with Gasteiger partial charge in [-0.3, -0.25) is 4.98 Å². The molecule has 0 fully saturated rings. The Balaban J connectivity index is 2.06. The van der Waals surface area contributed by atoms with Crippen LogP contribution in [-0.4, -0.2) is 4.98 Å². The van der Waals surface area contributed by atoms with Crippen molar-refractivity contribution < 1.29 is 11.7 Å². The average molecular weight is 305 g/mol. The molecule has 0 atom stereocenters. The van der Waals surface area contributed by atoms with Crippen molar-refractivity contribution in [2.75, 3.05) is 0 Å². The van der Waals surface area contributed by atoms with Crippen LogP contribution in [0.5, 0.6) is 0 Å². The second kappa shape index (κ2) is 5.20. The minimum Gasteiger partial charge on any atom is -0.454 e. The van der Waals surface area contributed by atoms with Crippen LogP contribution in [0.4, 0.5) is 0 Å². The Kier molecular flexibility index (Phi) is 2.67. The average Bonchev–Trinajstić information content (AvgIpc) is 2.93. The zero-order valence-corrected chi connectivity index (χ0v) is 13.4. The summed E-state index contributed by atoms with van der Waals surface area (Å²) in [6.07, 6.45) is 2.25. The molecule has 0 unspecified atom stereocenters. The van der Waals surface area contributed by atoms with E-state index in [1.54, 1.807) is 13.1 Å². The van der Waals surface area contributed by atoms with Gasteiger partial charge in [0.05, 0.1) is 10.9 Å².